The lowest BCUT2D eigenvalue weighted by molar-refractivity contribution is -0.116. The van der Waals surface area contributed by atoms with E-state index in [0.717, 1.165) is 19.3 Å². The van der Waals surface area contributed by atoms with Crippen molar-refractivity contribution in [3.63, 3.8) is 0 Å². The SMILES string of the molecule is C[C@@H]1CCCCN1S(=O)(=O)c1ccc(C(=O)N(C)CC(=O)Nc2ccccc2Cl)cc1. The number of nitrogens with zero attached hydrogens (tertiary/aromatic N) is 2. The number of hydrogen-bond acceptors (Lipinski definition) is 4. The fourth-order valence-corrected chi connectivity index (χ4v) is 5.48. The van der Waals surface area contributed by atoms with E-state index >= 15 is 0 Å². The summed E-state index contributed by atoms with van der Waals surface area (Å²) >= 11 is 6.03. The molecule has 1 aliphatic heterocycles. The Kier molecular flexibility index (Phi) is 7.35. The van der Waals surface area contributed by atoms with Crippen LogP contribution in [0.1, 0.15) is 36.5 Å². The number of nitrogens with one attached hydrogen (secondary N) is 1. The van der Waals surface area contributed by atoms with Gasteiger partial charge in [0.25, 0.3) is 5.91 Å². The fraction of sp³-hybridized carbons (Fsp3) is 0.364. The van der Waals surface area contributed by atoms with Crippen LogP contribution in [0.3, 0.4) is 0 Å². The molecule has 1 heterocycles. The van der Waals surface area contributed by atoms with E-state index in [1.165, 1.54) is 40.5 Å². The summed E-state index contributed by atoms with van der Waals surface area (Å²) in [7, 11) is -2.09. The largest absolute Gasteiger partial charge is 0.332 e. The Morgan fingerprint density at radius 2 is 1.81 bits per heavy atom. The van der Waals surface area contributed by atoms with Gasteiger partial charge in [-0.2, -0.15) is 4.31 Å². The van der Waals surface area contributed by atoms with Gasteiger partial charge in [0.1, 0.15) is 0 Å². The molecule has 1 aliphatic rings. The Morgan fingerprint density at radius 3 is 2.45 bits per heavy atom. The number of halogens is 1. The highest BCUT2D eigenvalue weighted by molar-refractivity contribution is 7.89. The molecular formula is C22H26ClN3O4S. The van der Waals surface area contributed by atoms with Crippen molar-refractivity contribution in [3.8, 4) is 0 Å². The van der Waals surface area contributed by atoms with E-state index in [9.17, 15) is 18.0 Å². The molecule has 1 fully saturated rings. The maximum atomic E-state index is 12.9. The van der Waals surface area contributed by atoms with Gasteiger partial charge < -0.3 is 10.2 Å². The third kappa shape index (κ3) is 5.44. The normalized spacial score (nSPS) is 17.2. The Morgan fingerprint density at radius 1 is 1.13 bits per heavy atom. The second-order valence-corrected chi connectivity index (χ2v) is 9.97. The number of piperidine rings is 1. The zero-order chi connectivity index (χ0) is 22.6. The lowest BCUT2D eigenvalue weighted by Gasteiger charge is -2.32. The number of likely N-dealkylation sites (N-methyl/N-ethyl adjacent to an activating group) is 1. The van der Waals surface area contributed by atoms with Crippen LogP contribution in [-0.2, 0) is 14.8 Å². The van der Waals surface area contributed by atoms with Crippen molar-refractivity contribution in [3.05, 3.63) is 59.1 Å². The third-order valence-corrected chi connectivity index (χ3v) is 7.68. The van der Waals surface area contributed by atoms with E-state index in [1.54, 1.807) is 24.3 Å². The number of rotatable bonds is 6. The molecule has 0 spiro atoms. The predicted octanol–water partition coefficient (Wildman–Crippen LogP) is 3.61. The van der Waals surface area contributed by atoms with Crippen molar-refractivity contribution in [2.45, 2.75) is 37.1 Å². The number of amides is 2. The summed E-state index contributed by atoms with van der Waals surface area (Å²) in [6.07, 6.45) is 2.72. The summed E-state index contributed by atoms with van der Waals surface area (Å²) in [6.45, 7) is 2.25. The van der Waals surface area contributed by atoms with Crippen LogP contribution in [0.4, 0.5) is 5.69 Å². The second kappa shape index (κ2) is 9.80. The summed E-state index contributed by atoms with van der Waals surface area (Å²) in [5, 5.41) is 3.07. The molecular weight excluding hydrogens is 438 g/mol. The number of para-hydroxylation sites is 1. The van der Waals surface area contributed by atoms with Crippen molar-refractivity contribution in [2.24, 2.45) is 0 Å². The fourth-order valence-electron chi connectivity index (χ4n) is 3.59. The van der Waals surface area contributed by atoms with Crippen LogP contribution in [0.5, 0.6) is 0 Å². The monoisotopic (exact) mass is 463 g/mol. The smallest absolute Gasteiger partial charge is 0.254 e. The number of anilines is 1. The van der Waals surface area contributed by atoms with E-state index in [4.69, 9.17) is 11.6 Å². The van der Waals surface area contributed by atoms with E-state index in [2.05, 4.69) is 5.32 Å². The van der Waals surface area contributed by atoms with Crippen molar-refractivity contribution >= 4 is 39.1 Å². The molecule has 0 saturated carbocycles. The van der Waals surface area contributed by atoms with Gasteiger partial charge in [-0.15, -0.1) is 0 Å². The third-order valence-electron chi connectivity index (χ3n) is 5.33. The van der Waals surface area contributed by atoms with E-state index in [-0.39, 0.29) is 29.3 Å². The van der Waals surface area contributed by atoms with Crippen molar-refractivity contribution in [1.82, 2.24) is 9.21 Å². The van der Waals surface area contributed by atoms with Crippen molar-refractivity contribution < 1.29 is 18.0 Å². The maximum absolute atomic E-state index is 12.9. The standard InChI is InChI=1S/C22H26ClN3O4S/c1-16-7-5-6-14-26(16)31(29,30)18-12-10-17(11-13-18)22(28)25(2)15-21(27)24-20-9-4-3-8-19(20)23/h3-4,8-13,16H,5-7,14-15H2,1-2H3,(H,24,27)/t16-/m1/s1. The summed E-state index contributed by atoms with van der Waals surface area (Å²) in [6, 6.07) is 12.6. The molecule has 9 heteroatoms. The molecule has 0 aromatic heterocycles. The summed E-state index contributed by atoms with van der Waals surface area (Å²) in [4.78, 5) is 26.4. The topological polar surface area (TPSA) is 86.8 Å². The van der Waals surface area contributed by atoms with Crippen LogP contribution in [-0.4, -0.2) is 55.6 Å². The van der Waals surface area contributed by atoms with Gasteiger partial charge in [0.2, 0.25) is 15.9 Å². The van der Waals surface area contributed by atoms with Gasteiger partial charge in [0, 0.05) is 25.2 Å². The minimum Gasteiger partial charge on any atom is -0.332 e. The van der Waals surface area contributed by atoms with Gasteiger partial charge in [-0.25, -0.2) is 8.42 Å². The molecule has 3 rings (SSSR count). The van der Waals surface area contributed by atoms with E-state index in [0.29, 0.717) is 22.8 Å². The zero-order valence-corrected chi connectivity index (χ0v) is 19.1. The van der Waals surface area contributed by atoms with Crippen LogP contribution >= 0.6 is 11.6 Å². The summed E-state index contributed by atoms with van der Waals surface area (Å²) < 4.78 is 27.4. The zero-order valence-electron chi connectivity index (χ0n) is 17.5. The predicted molar refractivity (Wildman–Crippen MR) is 121 cm³/mol. The van der Waals surface area contributed by atoms with Gasteiger partial charge in [-0.1, -0.05) is 30.2 Å². The molecule has 2 amide bonds. The molecule has 2 aromatic carbocycles. The van der Waals surface area contributed by atoms with Gasteiger partial charge in [0.15, 0.2) is 0 Å². The van der Waals surface area contributed by atoms with Gasteiger partial charge in [-0.05, 0) is 56.2 Å². The number of sulfonamides is 1. The molecule has 1 N–H and O–H groups in total. The van der Waals surface area contributed by atoms with Gasteiger partial charge in [0.05, 0.1) is 22.2 Å². The van der Waals surface area contributed by atoms with Crippen LogP contribution in [0.25, 0.3) is 0 Å². The van der Waals surface area contributed by atoms with Crippen molar-refractivity contribution in [2.75, 3.05) is 25.5 Å². The van der Waals surface area contributed by atoms with E-state index < -0.39 is 10.0 Å². The summed E-state index contributed by atoms with van der Waals surface area (Å²) in [5.41, 5.74) is 0.773. The Bertz CT molecular complexity index is 1060. The second-order valence-electron chi connectivity index (χ2n) is 7.67. The minimum atomic E-state index is -3.60. The minimum absolute atomic E-state index is 0.0391. The first-order valence-corrected chi connectivity index (χ1v) is 11.9. The molecule has 0 aliphatic carbocycles. The average molecular weight is 464 g/mol. The Hall–Kier alpha value is -2.42. The first-order chi connectivity index (χ1) is 14.7. The number of carbonyl (C=O) groups excluding carboxylic acids is 2. The first-order valence-electron chi connectivity index (χ1n) is 10.1. The van der Waals surface area contributed by atoms with Crippen LogP contribution < -0.4 is 5.32 Å². The lowest BCUT2D eigenvalue weighted by Crippen LogP contribution is -2.41. The molecule has 31 heavy (non-hydrogen) atoms. The molecule has 166 valence electrons. The Balaban J connectivity index is 1.65. The van der Waals surface area contributed by atoms with Crippen molar-refractivity contribution in [1.29, 1.82) is 0 Å². The average Bonchev–Trinajstić information content (AvgIpc) is 2.75. The number of carbonyl (C=O) groups is 2. The van der Waals surface area contributed by atoms with Crippen LogP contribution in [0.15, 0.2) is 53.4 Å². The molecule has 1 atom stereocenters. The van der Waals surface area contributed by atoms with Gasteiger partial charge >= 0.3 is 0 Å². The molecule has 0 radical (unpaired) electrons. The highest BCUT2D eigenvalue weighted by Gasteiger charge is 2.31. The first kappa shape index (κ1) is 23.2. The molecule has 0 unspecified atom stereocenters. The quantitative estimate of drug-likeness (QED) is 0.708. The molecule has 0 bridgehead atoms. The molecule has 7 nitrogen and oxygen atoms in total. The van der Waals surface area contributed by atoms with Crippen LogP contribution in [0, 0.1) is 0 Å². The van der Waals surface area contributed by atoms with Crippen LogP contribution in [0.2, 0.25) is 5.02 Å². The highest BCUT2D eigenvalue weighted by atomic mass is 35.5. The number of benzene rings is 2. The number of hydrogen-bond donors (Lipinski definition) is 1. The molecule has 2 aromatic rings. The summed E-state index contributed by atoms with van der Waals surface area (Å²) in [5.74, 6) is -0.771. The van der Waals surface area contributed by atoms with E-state index in [1.807, 2.05) is 6.92 Å². The highest BCUT2D eigenvalue weighted by Crippen LogP contribution is 2.25. The Labute approximate surface area is 188 Å². The molecule has 1 saturated heterocycles. The maximum Gasteiger partial charge on any atom is 0.254 e. The van der Waals surface area contributed by atoms with Gasteiger partial charge in [-0.3, -0.25) is 9.59 Å². The lowest BCUT2D eigenvalue weighted by atomic mass is 10.1.